The minimum absolute atomic E-state index is 0.00653. The lowest BCUT2D eigenvalue weighted by Gasteiger charge is -2.34. The molecule has 7 heteroatoms. The second-order valence-electron chi connectivity index (χ2n) is 4.45. The minimum atomic E-state index is -1.23. The van der Waals surface area contributed by atoms with Crippen LogP contribution in [0.3, 0.4) is 0 Å². The van der Waals surface area contributed by atoms with Crippen LogP contribution in [0.25, 0.3) is 0 Å². The van der Waals surface area contributed by atoms with E-state index in [1.165, 1.54) is 0 Å². The molecule has 1 fully saturated rings. The molecular weight excluding hydrogens is 259 g/mol. The molecule has 1 aromatic carbocycles. The lowest BCUT2D eigenvalue weighted by atomic mass is 10.1. The normalized spacial score (nSPS) is 20.5. The van der Waals surface area contributed by atoms with Gasteiger partial charge in [0, 0.05) is 37.8 Å². The molecule has 0 radical (unpaired) electrons. The first-order valence-corrected chi connectivity index (χ1v) is 5.86. The average Bonchev–Trinajstić information content (AvgIpc) is 2.36. The Hall–Kier alpha value is -1.60. The van der Waals surface area contributed by atoms with Crippen molar-refractivity contribution < 1.29 is 18.0 Å². The Labute approximate surface area is 108 Å². The quantitative estimate of drug-likeness (QED) is 0.782. The molecule has 1 aliphatic heterocycles. The predicted octanol–water partition coefficient (Wildman–Crippen LogP) is 0.363. The highest BCUT2D eigenvalue weighted by atomic mass is 19.2. The molecule has 1 unspecified atom stereocenters. The van der Waals surface area contributed by atoms with Crippen molar-refractivity contribution in [3.8, 4) is 0 Å². The van der Waals surface area contributed by atoms with Gasteiger partial charge in [0.05, 0.1) is 0 Å². The van der Waals surface area contributed by atoms with Gasteiger partial charge in [-0.3, -0.25) is 9.69 Å². The maximum absolute atomic E-state index is 13.5. The van der Waals surface area contributed by atoms with Crippen molar-refractivity contribution >= 4 is 5.91 Å². The Kier molecular flexibility index (Phi) is 4.06. The van der Waals surface area contributed by atoms with Crippen LogP contribution in [-0.2, 0) is 11.3 Å². The van der Waals surface area contributed by atoms with Crippen LogP contribution in [0.4, 0.5) is 13.2 Å². The van der Waals surface area contributed by atoms with Gasteiger partial charge in [-0.1, -0.05) is 0 Å². The van der Waals surface area contributed by atoms with E-state index in [1.807, 2.05) is 0 Å². The zero-order valence-corrected chi connectivity index (χ0v) is 10.1. The SMILES string of the molecule is NC(=O)C1CNCCN1Cc1cc(F)c(F)cc1F. The number of halogens is 3. The molecule has 19 heavy (non-hydrogen) atoms. The summed E-state index contributed by atoms with van der Waals surface area (Å²) in [6.45, 7) is 1.47. The van der Waals surface area contributed by atoms with E-state index in [2.05, 4.69) is 5.32 Å². The lowest BCUT2D eigenvalue weighted by molar-refractivity contribution is -0.124. The number of amides is 1. The van der Waals surface area contributed by atoms with Crippen LogP contribution in [0, 0.1) is 17.5 Å². The lowest BCUT2D eigenvalue weighted by Crippen LogP contribution is -2.56. The van der Waals surface area contributed by atoms with Crippen molar-refractivity contribution in [3.05, 3.63) is 35.1 Å². The molecule has 2 rings (SSSR count). The first kappa shape index (κ1) is 13.8. The third kappa shape index (κ3) is 3.05. The highest BCUT2D eigenvalue weighted by molar-refractivity contribution is 5.80. The molecule has 0 aliphatic carbocycles. The van der Waals surface area contributed by atoms with E-state index in [0.717, 1.165) is 6.07 Å². The molecule has 1 amide bonds. The van der Waals surface area contributed by atoms with Crippen molar-refractivity contribution in [1.82, 2.24) is 10.2 Å². The predicted molar refractivity (Wildman–Crippen MR) is 62.6 cm³/mol. The van der Waals surface area contributed by atoms with Crippen LogP contribution in [0.15, 0.2) is 12.1 Å². The molecular formula is C12H14F3N3O. The van der Waals surface area contributed by atoms with Gasteiger partial charge < -0.3 is 11.1 Å². The van der Waals surface area contributed by atoms with E-state index in [1.54, 1.807) is 4.90 Å². The molecule has 1 heterocycles. The Morgan fingerprint density at radius 1 is 1.32 bits per heavy atom. The first-order valence-electron chi connectivity index (χ1n) is 5.86. The summed E-state index contributed by atoms with van der Waals surface area (Å²) in [6.07, 6.45) is 0. The van der Waals surface area contributed by atoms with Crippen LogP contribution in [0.1, 0.15) is 5.56 Å². The molecule has 1 atom stereocenters. The van der Waals surface area contributed by atoms with Gasteiger partial charge in [0.15, 0.2) is 11.6 Å². The number of benzene rings is 1. The fourth-order valence-electron chi connectivity index (χ4n) is 2.12. The number of nitrogens with two attached hydrogens (primary N) is 1. The smallest absolute Gasteiger partial charge is 0.236 e. The van der Waals surface area contributed by atoms with Crippen LogP contribution in [-0.4, -0.2) is 36.5 Å². The van der Waals surface area contributed by atoms with Gasteiger partial charge in [-0.2, -0.15) is 0 Å². The molecule has 104 valence electrons. The van der Waals surface area contributed by atoms with Gasteiger partial charge in [-0.25, -0.2) is 13.2 Å². The third-order valence-electron chi connectivity index (χ3n) is 3.15. The Morgan fingerprint density at radius 3 is 2.68 bits per heavy atom. The van der Waals surface area contributed by atoms with E-state index in [0.29, 0.717) is 25.7 Å². The summed E-state index contributed by atoms with van der Waals surface area (Å²) in [5.41, 5.74) is 5.26. The van der Waals surface area contributed by atoms with Gasteiger partial charge >= 0.3 is 0 Å². The van der Waals surface area contributed by atoms with Gasteiger partial charge in [0.25, 0.3) is 0 Å². The van der Waals surface area contributed by atoms with Gasteiger partial charge in [0.1, 0.15) is 11.9 Å². The first-order chi connectivity index (χ1) is 8.99. The summed E-state index contributed by atoms with van der Waals surface area (Å²) in [5, 5.41) is 3.00. The van der Waals surface area contributed by atoms with Crippen molar-refractivity contribution in [2.24, 2.45) is 5.73 Å². The number of primary amides is 1. The number of nitrogens with one attached hydrogen (secondary N) is 1. The van der Waals surface area contributed by atoms with Gasteiger partial charge in [-0.15, -0.1) is 0 Å². The summed E-state index contributed by atoms with van der Waals surface area (Å²) in [4.78, 5) is 12.9. The molecule has 0 saturated carbocycles. The monoisotopic (exact) mass is 273 g/mol. The zero-order valence-electron chi connectivity index (χ0n) is 10.1. The van der Waals surface area contributed by atoms with E-state index >= 15 is 0 Å². The Morgan fingerprint density at radius 2 is 2.00 bits per heavy atom. The maximum atomic E-state index is 13.5. The number of hydrogen-bond donors (Lipinski definition) is 2. The maximum Gasteiger partial charge on any atom is 0.236 e. The van der Waals surface area contributed by atoms with Crippen molar-refractivity contribution in [2.45, 2.75) is 12.6 Å². The molecule has 0 spiro atoms. The zero-order chi connectivity index (χ0) is 14.0. The fourth-order valence-corrected chi connectivity index (χ4v) is 2.12. The van der Waals surface area contributed by atoms with E-state index in [4.69, 9.17) is 5.73 Å². The number of rotatable bonds is 3. The van der Waals surface area contributed by atoms with Crippen LogP contribution < -0.4 is 11.1 Å². The molecule has 0 bridgehead atoms. The topological polar surface area (TPSA) is 58.4 Å². The second-order valence-corrected chi connectivity index (χ2v) is 4.45. The Bertz CT molecular complexity index is 495. The summed E-state index contributed by atoms with van der Waals surface area (Å²) in [6, 6.07) is 0.734. The summed E-state index contributed by atoms with van der Waals surface area (Å²) >= 11 is 0. The molecule has 1 aliphatic rings. The number of hydrogen-bond acceptors (Lipinski definition) is 3. The standard InChI is InChI=1S/C12H14F3N3O/c13-8-4-10(15)9(14)3-7(8)6-18-2-1-17-5-11(18)12(16)19/h3-4,11,17H,1-2,5-6H2,(H2,16,19). The van der Waals surface area contributed by atoms with Gasteiger partial charge in [-0.05, 0) is 6.07 Å². The van der Waals surface area contributed by atoms with Crippen molar-refractivity contribution in [2.75, 3.05) is 19.6 Å². The third-order valence-corrected chi connectivity index (χ3v) is 3.15. The minimum Gasteiger partial charge on any atom is -0.368 e. The summed E-state index contributed by atoms with van der Waals surface area (Å²) in [7, 11) is 0. The Balaban J connectivity index is 2.19. The second kappa shape index (κ2) is 5.58. The molecule has 3 N–H and O–H groups in total. The number of carbonyl (C=O) groups is 1. The summed E-state index contributed by atoms with van der Waals surface area (Å²) in [5.74, 6) is -3.70. The highest BCUT2D eigenvalue weighted by Crippen LogP contribution is 2.17. The highest BCUT2D eigenvalue weighted by Gasteiger charge is 2.27. The molecule has 1 saturated heterocycles. The van der Waals surface area contributed by atoms with E-state index in [-0.39, 0.29) is 12.1 Å². The summed E-state index contributed by atoms with van der Waals surface area (Å²) < 4.78 is 39.5. The average molecular weight is 273 g/mol. The van der Waals surface area contributed by atoms with Crippen LogP contribution in [0.2, 0.25) is 0 Å². The van der Waals surface area contributed by atoms with E-state index in [9.17, 15) is 18.0 Å². The van der Waals surface area contributed by atoms with Crippen LogP contribution in [0.5, 0.6) is 0 Å². The fraction of sp³-hybridized carbons (Fsp3) is 0.417. The van der Waals surface area contributed by atoms with Crippen LogP contribution >= 0.6 is 0 Å². The van der Waals surface area contributed by atoms with Crippen molar-refractivity contribution in [3.63, 3.8) is 0 Å². The largest absolute Gasteiger partial charge is 0.368 e. The molecule has 1 aromatic rings. The molecule has 0 aromatic heterocycles. The number of nitrogens with zero attached hydrogens (tertiary/aromatic N) is 1. The van der Waals surface area contributed by atoms with E-state index < -0.39 is 29.4 Å². The number of piperazine rings is 1. The van der Waals surface area contributed by atoms with Crippen molar-refractivity contribution in [1.29, 1.82) is 0 Å². The van der Waals surface area contributed by atoms with Gasteiger partial charge in [0.2, 0.25) is 5.91 Å². The molecule has 4 nitrogen and oxygen atoms in total. The number of carbonyl (C=O) groups excluding carboxylic acids is 1.